The highest BCUT2D eigenvalue weighted by Crippen LogP contribution is 2.27. The van der Waals surface area contributed by atoms with Gasteiger partial charge in [-0.25, -0.2) is 0 Å². The zero-order chi connectivity index (χ0) is 18.6. The van der Waals surface area contributed by atoms with E-state index in [1.54, 1.807) is 34.8 Å². The summed E-state index contributed by atoms with van der Waals surface area (Å²) in [5.41, 5.74) is 0. The van der Waals surface area contributed by atoms with E-state index in [1.165, 1.54) is 32.3 Å². The summed E-state index contributed by atoms with van der Waals surface area (Å²) < 4.78 is 2.39. The number of allylic oxidation sites excluding steroid dienone is 3. The molecule has 0 spiro atoms. The van der Waals surface area contributed by atoms with Gasteiger partial charge in [-0.05, 0) is 59.3 Å². The predicted octanol–water partition coefficient (Wildman–Crippen LogP) is 6.85. The predicted molar refractivity (Wildman–Crippen MR) is 117 cm³/mol. The number of thiophene rings is 2. The third-order valence-electron chi connectivity index (χ3n) is 4.01. The maximum absolute atomic E-state index is 12.0. The first-order valence-electron chi connectivity index (χ1n) is 8.45. The first-order valence-corrected chi connectivity index (χ1v) is 10.1. The number of rotatable bonds is 5. The Morgan fingerprint density at radius 2 is 1.30 bits per heavy atom. The summed E-state index contributed by atoms with van der Waals surface area (Å²) in [7, 11) is 0. The fourth-order valence-electron chi connectivity index (χ4n) is 2.74. The zero-order valence-electron chi connectivity index (χ0n) is 14.3. The lowest BCUT2D eigenvalue weighted by molar-refractivity contribution is -0.110. The Kier molecular flexibility index (Phi) is 5.01. The fraction of sp³-hybridized carbons (Fsp3) is 0. The van der Waals surface area contributed by atoms with E-state index in [9.17, 15) is 9.90 Å². The molecule has 0 aliphatic heterocycles. The van der Waals surface area contributed by atoms with E-state index in [4.69, 9.17) is 0 Å². The van der Waals surface area contributed by atoms with Crippen molar-refractivity contribution in [2.75, 3.05) is 0 Å². The van der Waals surface area contributed by atoms with Gasteiger partial charge in [0.25, 0.3) is 0 Å². The molecule has 2 aromatic heterocycles. The number of aliphatic hydroxyl groups excluding tert-OH is 1. The molecule has 0 atom stereocenters. The molecular formula is C23H16O2S2. The Bertz CT molecular complexity index is 1140. The normalized spacial score (nSPS) is 12.7. The standard InChI is InChI=1S/C23H16O2S2/c24-18(9-11-20-13-16-5-1-3-7-22(16)26-20)15-19(25)10-12-21-14-17-6-2-4-8-23(17)27-21/h1-15,24H/b11-9+,12-10+,18-15+. The number of hydrogen-bond donors (Lipinski definition) is 1. The van der Waals surface area contributed by atoms with E-state index >= 15 is 0 Å². The van der Waals surface area contributed by atoms with Crippen molar-refractivity contribution < 1.29 is 9.90 Å². The van der Waals surface area contributed by atoms with Crippen LogP contribution in [0.2, 0.25) is 0 Å². The van der Waals surface area contributed by atoms with Gasteiger partial charge < -0.3 is 5.11 Å². The number of carbonyl (C=O) groups is 1. The van der Waals surface area contributed by atoms with Crippen LogP contribution in [-0.2, 0) is 4.79 Å². The second-order valence-corrected chi connectivity index (χ2v) is 8.24. The SMILES string of the molecule is O=C(/C=C/c1cc2ccccc2s1)/C=C(O)\C=C\c1cc2ccccc2s1. The summed E-state index contributed by atoms with van der Waals surface area (Å²) in [4.78, 5) is 14.1. The van der Waals surface area contributed by atoms with E-state index in [-0.39, 0.29) is 11.5 Å². The second kappa shape index (κ2) is 7.74. The minimum atomic E-state index is -0.244. The van der Waals surface area contributed by atoms with Gasteiger partial charge in [-0.3, -0.25) is 4.79 Å². The molecule has 2 heterocycles. The lowest BCUT2D eigenvalue weighted by Crippen LogP contribution is -1.88. The molecular weight excluding hydrogens is 372 g/mol. The smallest absolute Gasteiger partial charge is 0.182 e. The highest BCUT2D eigenvalue weighted by atomic mass is 32.1. The molecule has 4 aromatic rings. The largest absolute Gasteiger partial charge is 0.508 e. The first kappa shape index (κ1) is 17.5. The van der Waals surface area contributed by atoms with E-state index in [0.717, 1.165) is 9.75 Å². The first-order chi connectivity index (χ1) is 13.2. The molecule has 132 valence electrons. The summed E-state index contributed by atoms with van der Waals surface area (Å²) in [6.07, 6.45) is 7.86. The summed E-state index contributed by atoms with van der Waals surface area (Å²) in [6, 6.07) is 20.3. The summed E-state index contributed by atoms with van der Waals surface area (Å²) >= 11 is 3.28. The molecule has 0 unspecified atom stereocenters. The molecule has 2 nitrogen and oxygen atoms in total. The Morgan fingerprint density at radius 1 is 0.778 bits per heavy atom. The molecule has 0 saturated heterocycles. The van der Waals surface area contributed by atoms with E-state index in [0.29, 0.717) is 0 Å². The molecule has 0 radical (unpaired) electrons. The van der Waals surface area contributed by atoms with Crippen LogP contribution in [0.5, 0.6) is 0 Å². The lowest BCUT2D eigenvalue weighted by atomic mass is 10.2. The molecule has 0 bridgehead atoms. The van der Waals surface area contributed by atoms with Gasteiger partial charge in [0.15, 0.2) is 5.78 Å². The van der Waals surface area contributed by atoms with Gasteiger partial charge in [0.1, 0.15) is 5.76 Å². The molecule has 0 amide bonds. The van der Waals surface area contributed by atoms with Crippen LogP contribution < -0.4 is 0 Å². The van der Waals surface area contributed by atoms with Crippen molar-refractivity contribution in [2.24, 2.45) is 0 Å². The number of ketones is 1. The average Bonchev–Trinajstić information content (AvgIpc) is 3.27. The van der Waals surface area contributed by atoms with Gasteiger partial charge in [-0.2, -0.15) is 0 Å². The third kappa shape index (κ3) is 4.25. The lowest BCUT2D eigenvalue weighted by Gasteiger charge is -1.89. The Labute approximate surface area is 165 Å². The second-order valence-electron chi connectivity index (χ2n) is 6.01. The fourth-order valence-corrected chi connectivity index (χ4v) is 4.68. The minimum absolute atomic E-state index is 0.0570. The quantitative estimate of drug-likeness (QED) is 0.230. The van der Waals surface area contributed by atoms with Crippen LogP contribution >= 0.6 is 22.7 Å². The molecule has 0 fully saturated rings. The number of benzene rings is 2. The van der Waals surface area contributed by atoms with Crippen molar-refractivity contribution in [1.29, 1.82) is 0 Å². The topological polar surface area (TPSA) is 37.3 Å². The maximum atomic E-state index is 12.0. The number of hydrogen-bond acceptors (Lipinski definition) is 4. The third-order valence-corrected chi connectivity index (χ3v) is 6.17. The van der Waals surface area contributed by atoms with Crippen LogP contribution in [0.4, 0.5) is 0 Å². The van der Waals surface area contributed by atoms with Crippen molar-refractivity contribution in [2.45, 2.75) is 0 Å². The van der Waals surface area contributed by atoms with Crippen LogP contribution in [0, 0.1) is 0 Å². The number of aliphatic hydroxyl groups is 1. The number of fused-ring (bicyclic) bond motifs is 2. The monoisotopic (exact) mass is 388 g/mol. The van der Waals surface area contributed by atoms with Crippen molar-refractivity contribution in [3.05, 3.63) is 94.4 Å². The average molecular weight is 389 g/mol. The van der Waals surface area contributed by atoms with Crippen molar-refractivity contribution in [3.8, 4) is 0 Å². The van der Waals surface area contributed by atoms with E-state index in [2.05, 4.69) is 36.4 Å². The number of carbonyl (C=O) groups excluding carboxylic acids is 1. The summed E-state index contributed by atoms with van der Waals surface area (Å²) in [6.45, 7) is 0. The molecule has 0 saturated carbocycles. The molecule has 27 heavy (non-hydrogen) atoms. The van der Waals surface area contributed by atoms with Crippen molar-refractivity contribution >= 4 is 60.8 Å². The van der Waals surface area contributed by atoms with Gasteiger partial charge in [-0.15, -0.1) is 22.7 Å². The summed E-state index contributed by atoms with van der Waals surface area (Å²) in [5, 5.41) is 12.3. The molecule has 1 N–H and O–H groups in total. The van der Waals surface area contributed by atoms with Crippen LogP contribution in [0.1, 0.15) is 9.75 Å². The van der Waals surface area contributed by atoms with Crippen molar-refractivity contribution in [1.82, 2.24) is 0 Å². The van der Waals surface area contributed by atoms with Gasteiger partial charge >= 0.3 is 0 Å². The van der Waals surface area contributed by atoms with E-state index in [1.807, 2.05) is 30.3 Å². The molecule has 2 aromatic carbocycles. The molecule has 0 aliphatic carbocycles. The van der Waals surface area contributed by atoms with E-state index < -0.39 is 0 Å². The van der Waals surface area contributed by atoms with Gasteiger partial charge in [-0.1, -0.05) is 36.4 Å². The van der Waals surface area contributed by atoms with Gasteiger partial charge in [0.2, 0.25) is 0 Å². The highest BCUT2D eigenvalue weighted by molar-refractivity contribution is 7.20. The molecule has 4 rings (SSSR count). The Balaban J connectivity index is 1.44. The minimum Gasteiger partial charge on any atom is -0.508 e. The van der Waals surface area contributed by atoms with Crippen LogP contribution in [0.3, 0.4) is 0 Å². The van der Waals surface area contributed by atoms with Crippen LogP contribution in [0.25, 0.3) is 32.3 Å². The Morgan fingerprint density at radius 3 is 1.85 bits per heavy atom. The summed E-state index contributed by atoms with van der Waals surface area (Å²) in [5.74, 6) is -0.301. The van der Waals surface area contributed by atoms with Crippen LogP contribution in [-0.4, -0.2) is 10.9 Å². The van der Waals surface area contributed by atoms with Crippen LogP contribution in [0.15, 0.2) is 84.7 Å². The molecule has 0 aliphatic rings. The maximum Gasteiger partial charge on any atom is 0.182 e. The highest BCUT2D eigenvalue weighted by Gasteiger charge is 2.00. The van der Waals surface area contributed by atoms with Gasteiger partial charge in [0, 0.05) is 25.2 Å². The zero-order valence-corrected chi connectivity index (χ0v) is 16.0. The Hall–Kier alpha value is -2.95. The molecule has 4 heteroatoms. The van der Waals surface area contributed by atoms with Gasteiger partial charge in [0.05, 0.1) is 0 Å². The van der Waals surface area contributed by atoms with Crippen molar-refractivity contribution in [3.63, 3.8) is 0 Å².